The molecule has 0 aliphatic heterocycles. The van der Waals surface area contributed by atoms with Gasteiger partial charge in [-0.1, -0.05) is 97.6 Å². The van der Waals surface area contributed by atoms with Crippen LogP contribution in [0, 0.1) is 5.82 Å². The molecular weight excluding hydrogens is 475 g/mol. The third-order valence-electron chi connectivity index (χ3n) is 6.82. The van der Waals surface area contributed by atoms with Gasteiger partial charge in [-0.05, 0) is 41.7 Å². The Bertz CT molecular complexity index is 1160. The van der Waals surface area contributed by atoms with Crippen LogP contribution in [-0.2, 0) is 29.0 Å². The van der Waals surface area contributed by atoms with Crippen molar-refractivity contribution in [2.75, 3.05) is 0 Å². The summed E-state index contributed by atoms with van der Waals surface area (Å²) in [6, 6.07) is 22.6. The zero-order chi connectivity index (χ0) is 25.3. The number of carbonyl (C=O) groups is 2. The van der Waals surface area contributed by atoms with Gasteiger partial charge in [-0.3, -0.25) is 9.59 Å². The van der Waals surface area contributed by atoms with Crippen LogP contribution in [0.4, 0.5) is 4.39 Å². The topological polar surface area (TPSA) is 49.4 Å². The second-order valence-corrected chi connectivity index (χ2v) is 9.84. The molecule has 0 heterocycles. The van der Waals surface area contributed by atoms with Crippen molar-refractivity contribution in [1.29, 1.82) is 0 Å². The fraction of sp³-hybridized carbons (Fsp3) is 0.333. The summed E-state index contributed by atoms with van der Waals surface area (Å²) in [5, 5.41) is 3.73. The zero-order valence-electron chi connectivity index (χ0n) is 20.3. The van der Waals surface area contributed by atoms with Crippen molar-refractivity contribution in [1.82, 2.24) is 10.2 Å². The number of carbonyl (C=O) groups excluding carboxylic acids is 2. The first-order chi connectivity index (χ1) is 17.5. The van der Waals surface area contributed by atoms with E-state index in [2.05, 4.69) is 5.32 Å². The average molecular weight is 507 g/mol. The summed E-state index contributed by atoms with van der Waals surface area (Å²) >= 11 is 6.46. The van der Waals surface area contributed by atoms with E-state index in [4.69, 9.17) is 11.6 Å². The number of nitrogens with zero attached hydrogens (tertiary/aromatic N) is 1. The van der Waals surface area contributed by atoms with Crippen LogP contribution in [0.1, 0.15) is 48.8 Å². The first-order valence-corrected chi connectivity index (χ1v) is 13.0. The van der Waals surface area contributed by atoms with Crippen molar-refractivity contribution in [2.24, 2.45) is 0 Å². The summed E-state index contributed by atoms with van der Waals surface area (Å²) in [5.41, 5.74) is 1.99. The van der Waals surface area contributed by atoms with Crippen molar-refractivity contribution in [3.63, 3.8) is 0 Å². The summed E-state index contributed by atoms with van der Waals surface area (Å²) in [4.78, 5) is 29.1. The van der Waals surface area contributed by atoms with Gasteiger partial charge in [0.25, 0.3) is 0 Å². The number of hydrogen-bond donors (Lipinski definition) is 1. The number of nitrogens with one attached hydrogen (secondary N) is 1. The third kappa shape index (κ3) is 6.94. The number of amides is 2. The fourth-order valence-electron chi connectivity index (χ4n) is 4.81. The maximum absolute atomic E-state index is 14.4. The molecule has 36 heavy (non-hydrogen) atoms. The molecule has 4 rings (SSSR count). The lowest BCUT2D eigenvalue weighted by molar-refractivity contribution is -0.141. The Morgan fingerprint density at radius 1 is 0.889 bits per heavy atom. The highest BCUT2D eigenvalue weighted by Gasteiger charge is 2.32. The molecule has 0 aromatic heterocycles. The molecule has 1 aliphatic rings. The first-order valence-electron chi connectivity index (χ1n) is 12.6. The molecule has 0 bridgehead atoms. The van der Waals surface area contributed by atoms with Crippen LogP contribution in [0.3, 0.4) is 0 Å². The highest BCUT2D eigenvalue weighted by molar-refractivity contribution is 6.31. The van der Waals surface area contributed by atoms with Gasteiger partial charge >= 0.3 is 0 Å². The van der Waals surface area contributed by atoms with E-state index in [1.807, 2.05) is 48.5 Å². The molecule has 1 saturated carbocycles. The number of rotatable bonds is 9. The predicted molar refractivity (Wildman–Crippen MR) is 141 cm³/mol. The molecule has 6 heteroatoms. The van der Waals surface area contributed by atoms with Crippen LogP contribution in [0.25, 0.3) is 0 Å². The molecule has 1 atom stereocenters. The Hall–Kier alpha value is -3.18. The molecule has 3 aromatic rings. The van der Waals surface area contributed by atoms with E-state index in [0.717, 1.165) is 36.8 Å². The summed E-state index contributed by atoms with van der Waals surface area (Å²) < 4.78 is 14.4. The average Bonchev–Trinajstić information content (AvgIpc) is 2.89. The molecule has 3 aromatic carbocycles. The van der Waals surface area contributed by atoms with E-state index >= 15 is 0 Å². The molecule has 1 fully saturated rings. The molecule has 4 nitrogen and oxygen atoms in total. The van der Waals surface area contributed by atoms with Gasteiger partial charge in [-0.25, -0.2) is 4.39 Å². The van der Waals surface area contributed by atoms with Crippen LogP contribution >= 0.6 is 11.6 Å². The molecule has 0 spiro atoms. The Labute approximate surface area is 217 Å². The maximum Gasteiger partial charge on any atom is 0.243 e. The number of benzene rings is 3. The van der Waals surface area contributed by atoms with Crippen LogP contribution in [0.5, 0.6) is 0 Å². The van der Waals surface area contributed by atoms with Gasteiger partial charge in [0.2, 0.25) is 11.8 Å². The zero-order valence-corrected chi connectivity index (χ0v) is 21.1. The molecular formula is C30H32ClFN2O2. The second-order valence-electron chi connectivity index (χ2n) is 9.43. The van der Waals surface area contributed by atoms with Crippen molar-refractivity contribution in [3.8, 4) is 0 Å². The van der Waals surface area contributed by atoms with Crippen LogP contribution < -0.4 is 5.32 Å². The van der Waals surface area contributed by atoms with E-state index in [1.54, 1.807) is 29.2 Å². The van der Waals surface area contributed by atoms with E-state index in [0.29, 0.717) is 17.0 Å². The monoisotopic (exact) mass is 506 g/mol. The smallest absolute Gasteiger partial charge is 0.243 e. The highest BCUT2D eigenvalue weighted by atomic mass is 35.5. The molecule has 1 unspecified atom stereocenters. The minimum absolute atomic E-state index is 0.105. The highest BCUT2D eigenvalue weighted by Crippen LogP contribution is 2.23. The Morgan fingerprint density at radius 2 is 1.53 bits per heavy atom. The van der Waals surface area contributed by atoms with Gasteiger partial charge in [0, 0.05) is 24.0 Å². The Balaban J connectivity index is 1.67. The Morgan fingerprint density at radius 3 is 2.22 bits per heavy atom. The summed E-state index contributed by atoms with van der Waals surface area (Å²) in [5.74, 6) is -0.936. The molecule has 0 saturated heterocycles. The largest absolute Gasteiger partial charge is 0.352 e. The maximum atomic E-state index is 14.4. The summed E-state index contributed by atoms with van der Waals surface area (Å²) in [6.07, 6.45) is 5.45. The van der Waals surface area contributed by atoms with Crippen molar-refractivity contribution < 1.29 is 14.0 Å². The summed E-state index contributed by atoms with van der Waals surface area (Å²) in [7, 11) is 0. The van der Waals surface area contributed by atoms with E-state index in [-0.39, 0.29) is 30.8 Å². The third-order valence-corrected chi connectivity index (χ3v) is 7.19. The predicted octanol–water partition coefficient (Wildman–Crippen LogP) is 6.11. The van der Waals surface area contributed by atoms with Gasteiger partial charge < -0.3 is 10.2 Å². The lowest BCUT2D eigenvalue weighted by Crippen LogP contribution is -2.53. The number of hydrogen-bond acceptors (Lipinski definition) is 2. The molecule has 188 valence electrons. The molecule has 1 aliphatic carbocycles. The van der Waals surface area contributed by atoms with Gasteiger partial charge in [0.1, 0.15) is 11.9 Å². The van der Waals surface area contributed by atoms with Crippen LogP contribution in [-0.4, -0.2) is 28.8 Å². The molecule has 1 N–H and O–H groups in total. The lowest BCUT2D eigenvalue weighted by atomic mass is 9.94. The van der Waals surface area contributed by atoms with Gasteiger partial charge in [0.05, 0.1) is 6.42 Å². The van der Waals surface area contributed by atoms with Crippen molar-refractivity contribution in [3.05, 3.63) is 106 Å². The number of halogens is 2. The Kier molecular flexibility index (Phi) is 9.12. The van der Waals surface area contributed by atoms with E-state index < -0.39 is 11.9 Å². The first kappa shape index (κ1) is 25.9. The van der Waals surface area contributed by atoms with Crippen molar-refractivity contribution in [2.45, 2.75) is 63.6 Å². The normalized spacial score (nSPS) is 14.7. The van der Waals surface area contributed by atoms with Crippen LogP contribution in [0.2, 0.25) is 5.02 Å². The van der Waals surface area contributed by atoms with Crippen LogP contribution in [0.15, 0.2) is 78.9 Å². The summed E-state index contributed by atoms with van der Waals surface area (Å²) in [6.45, 7) is 0.155. The second kappa shape index (κ2) is 12.7. The van der Waals surface area contributed by atoms with Gasteiger partial charge in [0.15, 0.2) is 0 Å². The standard InChI is InChI=1S/C30H32ClFN2O2/c31-26-17-9-7-14-24(26)21-34(29(35)20-23-13-8-10-18-27(23)32)28(19-22-11-3-1-4-12-22)30(36)33-25-15-5-2-6-16-25/h1,3-4,7-14,17-18,25,28H,2,5-6,15-16,19-21H2,(H,33,36). The van der Waals surface area contributed by atoms with E-state index in [1.165, 1.54) is 12.5 Å². The molecule has 2 amide bonds. The van der Waals surface area contributed by atoms with Gasteiger partial charge in [-0.2, -0.15) is 0 Å². The minimum atomic E-state index is -0.759. The van der Waals surface area contributed by atoms with Gasteiger partial charge in [-0.15, -0.1) is 0 Å². The quantitative estimate of drug-likeness (QED) is 0.380. The van der Waals surface area contributed by atoms with E-state index in [9.17, 15) is 14.0 Å². The van der Waals surface area contributed by atoms with Crippen molar-refractivity contribution >= 4 is 23.4 Å². The molecule has 0 radical (unpaired) electrons. The fourth-order valence-corrected chi connectivity index (χ4v) is 5.01. The lowest BCUT2D eigenvalue weighted by Gasteiger charge is -2.33. The SMILES string of the molecule is O=C(NC1CCCCC1)C(Cc1ccccc1)N(Cc1ccccc1Cl)C(=O)Cc1ccccc1F. The minimum Gasteiger partial charge on any atom is -0.352 e.